The summed E-state index contributed by atoms with van der Waals surface area (Å²) in [4.78, 5) is 26.8. The predicted octanol–water partition coefficient (Wildman–Crippen LogP) is 3.14. The quantitative estimate of drug-likeness (QED) is 0.855. The lowest BCUT2D eigenvalue weighted by molar-refractivity contribution is 0.0680. The Bertz CT molecular complexity index is 737. The van der Waals surface area contributed by atoms with Crippen molar-refractivity contribution in [3.8, 4) is 0 Å². The van der Waals surface area contributed by atoms with Crippen molar-refractivity contribution in [2.24, 2.45) is 7.05 Å². The molecular weight excluding hydrogens is 288 g/mol. The third-order valence-electron chi connectivity index (χ3n) is 4.55. The zero-order valence-corrected chi connectivity index (χ0v) is 13.4. The van der Waals surface area contributed by atoms with Crippen molar-refractivity contribution >= 4 is 5.91 Å². The molecule has 1 fully saturated rings. The fraction of sp³-hybridized carbons (Fsp3) is 0.368. The van der Waals surface area contributed by atoms with E-state index < -0.39 is 0 Å². The van der Waals surface area contributed by atoms with E-state index in [4.69, 9.17) is 0 Å². The minimum Gasteiger partial charge on any atom is -0.332 e. The molecule has 2 aromatic rings. The Labute approximate surface area is 136 Å². The van der Waals surface area contributed by atoms with Gasteiger partial charge in [0.2, 0.25) is 0 Å². The van der Waals surface area contributed by atoms with Crippen molar-refractivity contribution in [1.82, 2.24) is 9.47 Å². The van der Waals surface area contributed by atoms with Gasteiger partial charge in [-0.05, 0) is 24.5 Å². The maximum absolute atomic E-state index is 13.0. The Morgan fingerprint density at radius 2 is 1.87 bits per heavy atom. The summed E-state index contributed by atoms with van der Waals surface area (Å²) in [5, 5.41) is 0. The SMILES string of the molecule is Cn1ccc(C(=O)N2CCCCCC2c2ccccc2)cc1=O. The third kappa shape index (κ3) is 3.36. The number of hydrogen-bond acceptors (Lipinski definition) is 2. The number of benzene rings is 1. The van der Waals surface area contributed by atoms with E-state index in [2.05, 4.69) is 12.1 Å². The molecule has 1 amide bonds. The molecule has 3 rings (SSSR count). The average molecular weight is 310 g/mol. The molecule has 4 heteroatoms. The molecule has 1 saturated heterocycles. The lowest BCUT2D eigenvalue weighted by Crippen LogP contribution is -2.35. The first-order valence-corrected chi connectivity index (χ1v) is 8.19. The molecule has 0 radical (unpaired) electrons. The van der Waals surface area contributed by atoms with Crippen LogP contribution in [0.3, 0.4) is 0 Å². The van der Waals surface area contributed by atoms with Crippen LogP contribution < -0.4 is 5.56 Å². The van der Waals surface area contributed by atoms with E-state index in [0.29, 0.717) is 5.56 Å². The summed E-state index contributed by atoms with van der Waals surface area (Å²) in [6.07, 6.45) is 5.91. The minimum atomic E-state index is -0.151. The van der Waals surface area contributed by atoms with Crippen LogP contribution in [0.2, 0.25) is 0 Å². The molecule has 0 spiro atoms. The largest absolute Gasteiger partial charge is 0.332 e. The molecule has 1 aromatic heterocycles. The van der Waals surface area contributed by atoms with Crippen LogP contribution in [0.4, 0.5) is 0 Å². The van der Waals surface area contributed by atoms with Crippen LogP contribution in [-0.4, -0.2) is 21.9 Å². The van der Waals surface area contributed by atoms with Gasteiger partial charge in [-0.2, -0.15) is 0 Å². The van der Waals surface area contributed by atoms with Gasteiger partial charge in [0.05, 0.1) is 6.04 Å². The number of pyridine rings is 1. The fourth-order valence-corrected chi connectivity index (χ4v) is 3.22. The van der Waals surface area contributed by atoms with Gasteiger partial charge < -0.3 is 9.47 Å². The summed E-state index contributed by atoms with van der Waals surface area (Å²) < 4.78 is 1.48. The van der Waals surface area contributed by atoms with Gasteiger partial charge in [-0.1, -0.05) is 43.2 Å². The van der Waals surface area contributed by atoms with Crippen LogP contribution in [-0.2, 0) is 7.05 Å². The molecule has 1 aliphatic heterocycles. The molecule has 1 unspecified atom stereocenters. The molecule has 0 aliphatic carbocycles. The maximum atomic E-state index is 13.0. The van der Waals surface area contributed by atoms with Gasteiger partial charge >= 0.3 is 0 Å². The number of nitrogens with zero attached hydrogens (tertiary/aromatic N) is 2. The molecule has 2 heterocycles. The second-order valence-electron chi connectivity index (χ2n) is 6.14. The highest BCUT2D eigenvalue weighted by atomic mass is 16.2. The van der Waals surface area contributed by atoms with Gasteiger partial charge in [0.1, 0.15) is 0 Å². The van der Waals surface area contributed by atoms with Gasteiger partial charge in [-0.3, -0.25) is 9.59 Å². The summed E-state index contributed by atoms with van der Waals surface area (Å²) in [5.41, 5.74) is 1.50. The molecule has 0 saturated carbocycles. The first-order valence-electron chi connectivity index (χ1n) is 8.19. The number of likely N-dealkylation sites (tertiary alicyclic amines) is 1. The van der Waals surface area contributed by atoms with E-state index in [9.17, 15) is 9.59 Å². The monoisotopic (exact) mass is 310 g/mol. The molecule has 0 N–H and O–H groups in total. The summed E-state index contributed by atoms with van der Waals surface area (Å²) in [7, 11) is 1.69. The predicted molar refractivity (Wildman–Crippen MR) is 90.4 cm³/mol. The second-order valence-corrected chi connectivity index (χ2v) is 6.14. The highest BCUT2D eigenvalue weighted by molar-refractivity contribution is 5.94. The first kappa shape index (κ1) is 15.5. The van der Waals surface area contributed by atoms with Gasteiger partial charge in [-0.25, -0.2) is 0 Å². The van der Waals surface area contributed by atoms with Crippen molar-refractivity contribution < 1.29 is 4.79 Å². The number of hydrogen-bond donors (Lipinski definition) is 0. The summed E-state index contributed by atoms with van der Waals surface area (Å²) in [6.45, 7) is 0.744. The summed E-state index contributed by atoms with van der Waals surface area (Å²) >= 11 is 0. The Morgan fingerprint density at radius 3 is 2.61 bits per heavy atom. The van der Waals surface area contributed by atoms with Crippen molar-refractivity contribution in [1.29, 1.82) is 0 Å². The van der Waals surface area contributed by atoms with E-state index in [1.807, 2.05) is 23.1 Å². The van der Waals surface area contributed by atoms with Gasteiger partial charge in [-0.15, -0.1) is 0 Å². The lowest BCUT2D eigenvalue weighted by atomic mass is 10.0. The van der Waals surface area contributed by atoms with Crippen LogP contribution in [0, 0.1) is 0 Å². The van der Waals surface area contributed by atoms with Crippen LogP contribution >= 0.6 is 0 Å². The fourth-order valence-electron chi connectivity index (χ4n) is 3.22. The van der Waals surface area contributed by atoms with Gasteiger partial charge in [0.15, 0.2) is 0 Å². The number of aromatic nitrogens is 1. The molecule has 1 atom stereocenters. The Kier molecular flexibility index (Phi) is 4.60. The van der Waals surface area contributed by atoms with E-state index in [-0.39, 0.29) is 17.5 Å². The number of carbonyl (C=O) groups excluding carboxylic acids is 1. The Morgan fingerprint density at radius 1 is 1.09 bits per heavy atom. The Balaban J connectivity index is 1.94. The van der Waals surface area contributed by atoms with Crippen LogP contribution in [0.15, 0.2) is 53.5 Å². The molecular formula is C19H22N2O2. The highest BCUT2D eigenvalue weighted by Crippen LogP contribution is 2.31. The topological polar surface area (TPSA) is 42.3 Å². The van der Waals surface area contributed by atoms with Gasteiger partial charge in [0.25, 0.3) is 11.5 Å². The average Bonchev–Trinajstić information content (AvgIpc) is 2.83. The molecule has 23 heavy (non-hydrogen) atoms. The summed E-state index contributed by atoms with van der Waals surface area (Å²) in [6, 6.07) is 13.5. The maximum Gasteiger partial charge on any atom is 0.254 e. The van der Waals surface area contributed by atoms with Crippen LogP contribution in [0.25, 0.3) is 0 Å². The van der Waals surface area contributed by atoms with E-state index in [0.717, 1.165) is 32.2 Å². The van der Waals surface area contributed by atoms with E-state index >= 15 is 0 Å². The normalized spacial score (nSPS) is 18.5. The first-order chi connectivity index (χ1) is 11.2. The molecule has 120 valence electrons. The number of rotatable bonds is 2. The van der Waals surface area contributed by atoms with Crippen LogP contribution in [0.5, 0.6) is 0 Å². The molecule has 0 bridgehead atoms. The van der Waals surface area contributed by atoms with E-state index in [1.165, 1.54) is 16.2 Å². The van der Waals surface area contributed by atoms with Crippen LogP contribution in [0.1, 0.15) is 47.6 Å². The van der Waals surface area contributed by atoms with Crippen molar-refractivity contribution in [3.05, 3.63) is 70.1 Å². The number of aryl methyl sites for hydroxylation is 1. The molecule has 1 aliphatic rings. The van der Waals surface area contributed by atoms with E-state index in [1.54, 1.807) is 19.3 Å². The smallest absolute Gasteiger partial charge is 0.254 e. The highest BCUT2D eigenvalue weighted by Gasteiger charge is 2.27. The lowest BCUT2D eigenvalue weighted by Gasteiger charge is -2.30. The van der Waals surface area contributed by atoms with Gasteiger partial charge in [0, 0.05) is 31.4 Å². The van der Waals surface area contributed by atoms with Crippen molar-refractivity contribution in [2.45, 2.75) is 31.7 Å². The molecule has 4 nitrogen and oxygen atoms in total. The standard InChI is InChI=1S/C19H22N2O2/c1-20-13-11-16(14-18(20)22)19(23)21-12-7-3-6-10-17(21)15-8-4-2-5-9-15/h2,4-5,8-9,11,13-14,17H,3,6-7,10,12H2,1H3. The van der Waals surface area contributed by atoms with Crippen molar-refractivity contribution in [3.63, 3.8) is 0 Å². The number of carbonyl (C=O) groups is 1. The molecule has 1 aromatic carbocycles. The zero-order chi connectivity index (χ0) is 16.2. The minimum absolute atomic E-state index is 0.0431. The third-order valence-corrected chi connectivity index (χ3v) is 4.55. The summed E-state index contributed by atoms with van der Waals surface area (Å²) in [5.74, 6) is -0.0431. The second kappa shape index (κ2) is 6.82. The Hall–Kier alpha value is -2.36. The van der Waals surface area contributed by atoms with Crippen molar-refractivity contribution in [2.75, 3.05) is 6.54 Å². The number of amides is 1. The zero-order valence-electron chi connectivity index (χ0n) is 13.4.